The Morgan fingerprint density at radius 3 is 2.00 bits per heavy atom. The number of rotatable bonds is 3. The van der Waals surface area contributed by atoms with E-state index in [-0.39, 0.29) is 11.3 Å². The number of carbonyl (C=O) groups excluding carboxylic acids is 1. The van der Waals surface area contributed by atoms with Crippen molar-refractivity contribution in [3.63, 3.8) is 0 Å². The molecule has 2 aromatic rings. The summed E-state index contributed by atoms with van der Waals surface area (Å²) in [5, 5.41) is 0.542. The first-order valence-electron chi connectivity index (χ1n) is 5.90. The van der Waals surface area contributed by atoms with Crippen molar-refractivity contribution in [1.82, 2.24) is 0 Å². The molecule has 0 aromatic heterocycles. The molecule has 1 nitrogen and oxygen atoms in total. The van der Waals surface area contributed by atoms with Crippen molar-refractivity contribution in [2.24, 2.45) is 0 Å². The monoisotopic (exact) mass is 376 g/mol. The number of halogens is 5. The molecule has 0 spiro atoms. The van der Waals surface area contributed by atoms with Gasteiger partial charge < -0.3 is 0 Å². The quantitative estimate of drug-likeness (QED) is 0.497. The summed E-state index contributed by atoms with van der Waals surface area (Å²) in [6.45, 7) is 0. The van der Waals surface area contributed by atoms with Crippen molar-refractivity contribution in [2.45, 2.75) is 11.0 Å². The summed E-state index contributed by atoms with van der Waals surface area (Å²) in [4.78, 5) is 11.6. The first-order valence-corrected chi connectivity index (χ1v) is 7.19. The minimum absolute atomic E-state index is 0.208. The van der Waals surface area contributed by atoms with Gasteiger partial charge in [0.1, 0.15) is 4.83 Å². The van der Waals surface area contributed by atoms with Crippen LogP contribution in [0.1, 0.15) is 26.3 Å². The van der Waals surface area contributed by atoms with Crippen molar-refractivity contribution in [3.05, 3.63) is 70.2 Å². The molecular formula is C15H9BrClF3O. The summed E-state index contributed by atoms with van der Waals surface area (Å²) in [6, 6.07) is 10.8. The topological polar surface area (TPSA) is 17.1 Å². The van der Waals surface area contributed by atoms with E-state index in [4.69, 9.17) is 11.6 Å². The van der Waals surface area contributed by atoms with Gasteiger partial charge in [0.15, 0.2) is 5.78 Å². The van der Waals surface area contributed by atoms with Gasteiger partial charge >= 0.3 is 6.18 Å². The molecule has 0 aliphatic rings. The highest BCUT2D eigenvalue weighted by Crippen LogP contribution is 2.31. The minimum Gasteiger partial charge on any atom is -0.293 e. The molecular weight excluding hydrogens is 369 g/mol. The van der Waals surface area contributed by atoms with Crippen LogP contribution in [0.2, 0.25) is 5.02 Å². The van der Waals surface area contributed by atoms with Gasteiger partial charge in [-0.05, 0) is 29.8 Å². The summed E-state index contributed by atoms with van der Waals surface area (Å²) in [6.07, 6.45) is -4.41. The smallest absolute Gasteiger partial charge is 0.293 e. The zero-order valence-corrected chi connectivity index (χ0v) is 12.8. The van der Waals surface area contributed by atoms with Crippen LogP contribution in [0.25, 0.3) is 0 Å². The molecule has 0 radical (unpaired) electrons. The average Bonchev–Trinajstić information content (AvgIpc) is 2.46. The van der Waals surface area contributed by atoms with Crippen LogP contribution in [0, 0.1) is 0 Å². The Kier molecular flexibility index (Phi) is 4.74. The number of benzene rings is 2. The molecule has 1 atom stereocenters. The fourth-order valence-electron chi connectivity index (χ4n) is 1.75. The Hall–Kier alpha value is -1.33. The summed E-state index contributed by atoms with van der Waals surface area (Å²) < 4.78 is 37.4. The van der Waals surface area contributed by atoms with Crippen molar-refractivity contribution in [3.8, 4) is 0 Å². The van der Waals surface area contributed by atoms with Gasteiger partial charge in [0, 0.05) is 10.6 Å². The highest BCUT2D eigenvalue weighted by Gasteiger charge is 2.30. The van der Waals surface area contributed by atoms with E-state index in [1.807, 2.05) is 0 Å². The molecule has 6 heteroatoms. The predicted octanol–water partition coefficient (Wildman–Crippen LogP) is 5.68. The zero-order valence-electron chi connectivity index (χ0n) is 10.5. The van der Waals surface area contributed by atoms with Gasteiger partial charge in [0.25, 0.3) is 0 Å². The first kappa shape index (κ1) is 16.0. The van der Waals surface area contributed by atoms with Crippen LogP contribution in [0.4, 0.5) is 13.2 Å². The largest absolute Gasteiger partial charge is 0.416 e. The summed E-state index contributed by atoms with van der Waals surface area (Å²) in [5.41, 5.74) is 0.112. The molecule has 0 amide bonds. The van der Waals surface area contributed by atoms with E-state index in [0.29, 0.717) is 10.6 Å². The molecule has 0 saturated carbocycles. The van der Waals surface area contributed by atoms with Crippen LogP contribution >= 0.6 is 27.5 Å². The van der Waals surface area contributed by atoms with E-state index < -0.39 is 16.6 Å². The predicted molar refractivity (Wildman–Crippen MR) is 78.9 cm³/mol. The summed E-state index contributed by atoms with van der Waals surface area (Å²) in [5.74, 6) is -0.314. The zero-order chi connectivity index (χ0) is 15.6. The molecule has 0 aliphatic heterocycles. The highest BCUT2D eigenvalue weighted by molar-refractivity contribution is 9.09. The van der Waals surface area contributed by atoms with Crippen molar-refractivity contribution in [1.29, 1.82) is 0 Å². The van der Waals surface area contributed by atoms with E-state index in [1.54, 1.807) is 24.3 Å². The van der Waals surface area contributed by atoms with E-state index in [1.165, 1.54) is 12.1 Å². The second-order valence-corrected chi connectivity index (χ2v) is 5.71. The van der Waals surface area contributed by atoms with Gasteiger partial charge in [0.05, 0.1) is 5.56 Å². The Bertz CT molecular complexity index is 635. The van der Waals surface area contributed by atoms with Crippen LogP contribution in [0.15, 0.2) is 48.5 Å². The summed E-state index contributed by atoms with van der Waals surface area (Å²) >= 11 is 9.02. The lowest BCUT2D eigenvalue weighted by Gasteiger charge is -2.11. The third-order valence-corrected chi connectivity index (χ3v) is 4.09. The molecule has 2 aromatic carbocycles. The number of Topliss-reactive ketones (excluding diaryl/α,β-unsaturated/α-hetero) is 1. The number of hydrogen-bond acceptors (Lipinski definition) is 1. The SMILES string of the molecule is O=C(c1ccc(C(F)(F)F)cc1)C(Br)c1ccc(Cl)cc1. The second-order valence-electron chi connectivity index (χ2n) is 4.35. The second kappa shape index (κ2) is 6.20. The third-order valence-electron chi connectivity index (χ3n) is 2.89. The number of ketones is 1. The Morgan fingerprint density at radius 1 is 1.00 bits per heavy atom. The Labute approximate surface area is 132 Å². The molecule has 0 bridgehead atoms. The van der Waals surface area contributed by atoms with Crippen molar-refractivity contribution in [2.75, 3.05) is 0 Å². The van der Waals surface area contributed by atoms with Gasteiger partial charge in [-0.1, -0.05) is 51.8 Å². The maximum absolute atomic E-state index is 12.5. The van der Waals surface area contributed by atoms with E-state index in [2.05, 4.69) is 15.9 Å². The van der Waals surface area contributed by atoms with Gasteiger partial charge in [-0.3, -0.25) is 4.79 Å². The number of hydrogen-bond donors (Lipinski definition) is 0. The van der Waals surface area contributed by atoms with E-state index in [0.717, 1.165) is 12.1 Å². The lowest BCUT2D eigenvalue weighted by molar-refractivity contribution is -0.137. The lowest BCUT2D eigenvalue weighted by atomic mass is 10.0. The molecule has 0 saturated heterocycles. The average molecular weight is 378 g/mol. The molecule has 1 unspecified atom stereocenters. The van der Waals surface area contributed by atoms with Crippen LogP contribution in [0.5, 0.6) is 0 Å². The third kappa shape index (κ3) is 3.86. The van der Waals surface area contributed by atoms with Crippen molar-refractivity contribution < 1.29 is 18.0 Å². The van der Waals surface area contributed by atoms with Crippen LogP contribution in [-0.4, -0.2) is 5.78 Å². The Balaban J connectivity index is 2.21. The van der Waals surface area contributed by atoms with Crippen LogP contribution in [-0.2, 0) is 6.18 Å². The van der Waals surface area contributed by atoms with E-state index >= 15 is 0 Å². The molecule has 2 rings (SSSR count). The normalized spacial score (nSPS) is 13.0. The maximum atomic E-state index is 12.5. The molecule has 0 fully saturated rings. The minimum atomic E-state index is -4.41. The fraction of sp³-hybridized carbons (Fsp3) is 0.133. The number of carbonyl (C=O) groups is 1. The Morgan fingerprint density at radius 2 is 1.52 bits per heavy atom. The standard InChI is InChI=1S/C15H9BrClF3O/c16-13(9-3-7-12(17)8-4-9)14(21)10-1-5-11(6-2-10)15(18,19)20/h1-8,13H. The number of alkyl halides is 4. The van der Waals surface area contributed by atoms with Gasteiger partial charge in [0.2, 0.25) is 0 Å². The molecule has 110 valence electrons. The lowest BCUT2D eigenvalue weighted by Crippen LogP contribution is -2.09. The molecule has 0 heterocycles. The van der Waals surface area contributed by atoms with Gasteiger partial charge in [-0.15, -0.1) is 0 Å². The van der Waals surface area contributed by atoms with Crippen molar-refractivity contribution >= 4 is 33.3 Å². The summed E-state index contributed by atoms with van der Waals surface area (Å²) in [7, 11) is 0. The molecule has 21 heavy (non-hydrogen) atoms. The van der Waals surface area contributed by atoms with Gasteiger partial charge in [-0.2, -0.15) is 13.2 Å². The van der Waals surface area contributed by atoms with Gasteiger partial charge in [-0.25, -0.2) is 0 Å². The maximum Gasteiger partial charge on any atom is 0.416 e. The van der Waals surface area contributed by atoms with E-state index in [9.17, 15) is 18.0 Å². The van der Waals surface area contributed by atoms with Crippen LogP contribution in [0.3, 0.4) is 0 Å². The molecule has 0 aliphatic carbocycles. The molecule has 0 N–H and O–H groups in total. The first-order chi connectivity index (χ1) is 9.79. The van der Waals surface area contributed by atoms with Crippen LogP contribution < -0.4 is 0 Å². The highest BCUT2D eigenvalue weighted by atomic mass is 79.9. The fourth-order valence-corrected chi connectivity index (χ4v) is 2.45.